The van der Waals surface area contributed by atoms with Gasteiger partial charge in [-0.05, 0) is 171 Å². The lowest BCUT2D eigenvalue weighted by molar-refractivity contribution is 0.112. The number of aldehydes is 1. The minimum Gasteiger partial charge on any atom is -0.356 e. The van der Waals surface area contributed by atoms with Crippen molar-refractivity contribution in [3.05, 3.63) is 235 Å². The van der Waals surface area contributed by atoms with E-state index in [0.717, 1.165) is 38.9 Å². The van der Waals surface area contributed by atoms with Crippen molar-refractivity contribution >= 4 is 100 Å². The van der Waals surface area contributed by atoms with Crippen LogP contribution in [0.1, 0.15) is 76.2 Å². The van der Waals surface area contributed by atoms with Crippen LogP contribution in [-0.4, -0.2) is 6.29 Å². The SMILES string of the molecule is Brc1cccs1.CCCCC.Cc1ccc(N(c2ccc(C)cc2)c2ccc(C=O)s2)cc1.Cc1ccc(N(c2ccc(C)cc2)c2cccs2)cc1.Cc1ccc(Nc2ccc(C)cc2)cc1. The van der Waals surface area contributed by atoms with E-state index in [2.05, 4.69) is 250 Å². The van der Waals surface area contributed by atoms with Gasteiger partial charge in [-0.25, -0.2) is 0 Å². The smallest absolute Gasteiger partial charge is 0.160 e. The van der Waals surface area contributed by atoms with Crippen LogP contribution in [0.2, 0.25) is 0 Å². The van der Waals surface area contributed by atoms with Crippen LogP contribution in [0.3, 0.4) is 0 Å². The van der Waals surface area contributed by atoms with Crippen molar-refractivity contribution in [2.45, 2.75) is 74.7 Å². The second-order valence-corrected chi connectivity index (χ2v) is 20.7. The Balaban J connectivity index is 0.000000173. The van der Waals surface area contributed by atoms with E-state index < -0.39 is 0 Å². The molecule has 0 amide bonds. The molecule has 0 atom stereocenters. The van der Waals surface area contributed by atoms with E-state index in [-0.39, 0.29) is 0 Å². The van der Waals surface area contributed by atoms with Crippen molar-refractivity contribution in [3.63, 3.8) is 0 Å². The van der Waals surface area contributed by atoms with Crippen molar-refractivity contribution in [2.24, 2.45) is 0 Å². The topological polar surface area (TPSA) is 35.6 Å². The maximum absolute atomic E-state index is 11.0. The van der Waals surface area contributed by atoms with E-state index in [1.807, 2.05) is 29.6 Å². The summed E-state index contributed by atoms with van der Waals surface area (Å²) in [7, 11) is 0. The number of nitrogens with zero attached hydrogens (tertiary/aromatic N) is 2. The summed E-state index contributed by atoms with van der Waals surface area (Å²) in [5.74, 6) is 0. The summed E-state index contributed by atoms with van der Waals surface area (Å²) in [5.41, 5.74) is 14.4. The summed E-state index contributed by atoms with van der Waals surface area (Å²) >= 11 is 8.25. The number of unbranched alkanes of at least 4 members (excludes halogenated alkanes) is 2. The molecule has 1 N–H and O–H groups in total. The fraction of sp³-hybridized carbons (Fsp3) is 0.183. The van der Waals surface area contributed by atoms with Gasteiger partial charge in [0.25, 0.3) is 0 Å². The predicted octanol–water partition coefficient (Wildman–Crippen LogP) is 20.2. The monoisotopic (exact) mass is 1020 g/mol. The molecule has 3 aromatic heterocycles. The molecule has 0 aliphatic rings. The Labute approximate surface area is 426 Å². The molecule has 0 unspecified atom stereocenters. The molecule has 8 heteroatoms. The average Bonchev–Trinajstić information content (AvgIpc) is 4.17. The van der Waals surface area contributed by atoms with Crippen molar-refractivity contribution < 1.29 is 4.79 Å². The van der Waals surface area contributed by atoms with Crippen LogP contribution in [0.15, 0.2) is 197 Å². The summed E-state index contributed by atoms with van der Waals surface area (Å²) in [6.07, 6.45) is 4.98. The Morgan fingerprint density at radius 1 is 0.441 bits per heavy atom. The normalized spacial score (nSPS) is 10.1. The number of carbonyl (C=O) groups is 1. The molecule has 0 saturated heterocycles. The van der Waals surface area contributed by atoms with Gasteiger partial charge in [0.15, 0.2) is 6.29 Å². The predicted molar refractivity (Wildman–Crippen MR) is 305 cm³/mol. The maximum Gasteiger partial charge on any atom is 0.160 e. The van der Waals surface area contributed by atoms with Gasteiger partial charge in [0, 0.05) is 34.1 Å². The van der Waals surface area contributed by atoms with Gasteiger partial charge >= 0.3 is 0 Å². The number of halogens is 1. The molecule has 68 heavy (non-hydrogen) atoms. The van der Waals surface area contributed by atoms with E-state index in [0.29, 0.717) is 0 Å². The quantitative estimate of drug-likeness (QED) is 0.131. The molecule has 0 aliphatic heterocycles. The first kappa shape index (κ1) is 52.9. The number of aryl methyl sites for hydroxylation is 6. The number of carbonyl (C=O) groups excluding carboxylic acids is 1. The summed E-state index contributed by atoms with van der Waals surface area (Å²) in [4.78, 5) is 16.2. The van der Waals surface area contributed by atoms with Crippen LogP contribution in [0, 0.1) is 41.5 Å². The highest BCUT2D eigenvalue weighted by Gasteiger charge is 2.15. The van der Waals surface area contributed by atoms with E-state index in [1.54, 1.807) is 22.7 Å². The second-order valence-electron chi connectivity index (χ2n) is 16.4. The maximum atomic E-state index is 11.0. The largest absolute Gasteiger partial charge is 0.356 e. The first-order chi connectivity index (χ1) is 33.0. The third kappa shape index (κ3) is 17.6. The summed E-state index contributed by atoms with van der Waals surface area (Å²) in [5, 5.41) is 9.78. The summed E-state index contributed by atoms with van der Waals surface area (Å²) < 4.78 is 1.20. The lowest BCUT2D eigenvalue weighted by Gasteiger charge is -2.23. The molecule has 6 aromatic carbocycles. The molecular formula is C60H64BrN3OS3. The van der Waals surface area contributed by atoms with Gasteiger partial charge in [0.2, 0.25) is 0 Å². The summed E-state index contributed by atoms with van der Waals surface area (Å²) in [6, 6.07) is 63.1. The number of thiophene rings is 3. The third-order valence-corrected chi connectivity index (χ3v) is 13.8. The van der Waals surface area contributed by atoms with E-state index >= 15 is 0 Å². The number of anilines is 8. The molecule has 3 heterocycles. The van der Waals surface area contributed by atoms with Crippen LogP contribution in [-0.2, 0) is 0 Å². The number of hydrogen-bond acceptors (Lipinski definition) is 7. The molecule has 350 valence electrons. The third-order valence-electron chi connectivity index (χ3n) is 10.4. The number of rotatable bonds is 11. The molecular weight excluding hydrogens is 955 g/mol. The molecule has 9 rings (SSSR count). The zero-order chi connectivity index (χ0) is 48.7. The van der Waals surface area contributed by atoms with Gasteiger partial charge in [-0.1, -0.05) is 145 Å². The number of benzene rings is 6. The molecule has 0 spiro atoms. The van der Waals surface area contributed by atoms with Gasteiger partial charge < -0.3 is 15.1 Å². The van der Waals surface area contributed by atoms with Crippen molar-refractivity contribution in [1.29, 1.82) is 0 Å². The Kier molecular flexibility index (Phi) is 22.1. The minimum atomic E-state index is 0.735. The lowest BCUT2D eigenvalue weighted by Crippen LogP contribution is -2.08. The lowest BCUT2D eigenvalue weighted by atomic mass is 10.1. The van der Waals surface area contributed by atoms with Crippen molar-refractivity contribution in [2.75, 3.05) is 15.1 Å². The Morgan fingerprint density at radius 2 is 0.794 bits per heavy atom. The second kappa shape index (κ2) is 28.3. The van der Waals surface area contributed by atoms with Crippen LogP contribution in [0.5, 0.6) is 0 Å². The zero-order valence-corrected chi connectivity index (χ0v) is 44.6. The molecule has 0 bridgehead atoms. The van der Waals surface area contributed by atoms with Crippen molar-refractivity contribution in [3.8, 4) is 0 Å². The van der Waals surface area contributed by atoms with Crippen LogP contribution >= 0.6 is 49.9 Å². The zero-order valence-electron chi connectivity index (χ0n) is 40.6. The highest BCUT2D eigenvalue weighted by molar-refractivity contribution is 9.11. The van der Waals surface area contributed by atoms with Gasteiger partial charge in [0.05, 0.1) is 13.7 Å². The van der Waals surface area contributed by atoms with E-state index in [4.69, 9.17) is 0 Å². The number of hydrogen-bond donors (Lipinski definition) is 1. The van der Waals surface area contributed by atoms with Crippen molar-refractivity contribution in [1.82, 2.24) is 0 Å². The van der Waals surface area contributed by atoms with Gasteiger partial charge in [0.1, 0.15) is 5.00 Å². The van der Waals surface area contributed by atoms with E-state index in [9.17, 15) is 4.79 Å². The first-order valence-corrected chi connectivity index (χ1v) is 26.4. The first-order valence-electron chi connectivity index (χ1n) is 23.0. The van der Waals surface area contributed by atoms with E-state index in [1.165, 1.54) is 84.1 Å². The number of nitrogens with one attached hydrogen (secondary N) is 1. The Bertz CT molecular complexity index is 2610. The molecule has 0 aliphatic carbocycles. The molecule has 9 aromatic rings. The van der Waals surface area contributed by atoms with Crippen LogP contribution in [0.25, 0.3) is 0 Å². The molecule has 0 saturated carbocycles. The average molecular weight is 1020 g/mol. The van der Waals surface area contributed by atoms with Gasteiger partial charge in [-0.15, -0.1) is 34.0 Å². The minimum absolute atomic E-state index is 0.735. The van der Waals surface area contributed by atoms with Crippen LogP contribution in [0.4, 0.5) is 44.1 Å². The summed E-state index contributed by atoms with van der Waals surface area (Å²) in [6.45, 7) is 17.0. The van der Waals surface area contributed by atoms with Gasteiger partial charge in [-0.3, -0.25) is 4.79 Å². The highest BCUT2D eigenvalue weighted by atomic mass is 79.9. The highest BCUT2D eigenvalue weighted by Crippen LogP contribution is 2.39. The standard InChI is InChI=1S/C19H17NOS.C18H17NS.C14H15N.C5H12.C4H3BrS/c1-14-3-7-16(8-4-14)20(17-9-5-15(2)6-10-17)19-12-11-18(13-21)22-19;1-14-5-9-16(10-6-14)19(18-4-3-13-20-18)17-11-7-15(2)8-12-17;1-11-3-7-13(8-4-11)15-14-9-5-12(2)6-10-14;1-3-5-4-2;5-4-2-1-3-6-4/h3-13H,1-2H3;3-13H,1-2H3;3-10,15H,1-2H3;3-5H2,1-2H3;1-3H. The molecule has 0 radical (unpaired) electrons. The Hall–Kier alpha value is -6.03. The fourth-order valence-electron chi connectivity index (χ4n) is 6.56. The van der Waals surface area contributed by atoms with Crippen LogP contribution < -0.4 is 15.1 Å². The fourth-order valence-corrected chi connectivity index (χ4v) is 9.11. The molecule has 4 nitrogen and oxygen atoms in total. The van der Waals surface area contributed by atoms with Gasteiger partial charge in [-0.2, -0.15) is 0 Å². The Morgan fingerprint density at radius 3 is 1.06 bits per heavy atom. The molecule has 0 fully saturated rings.